The minimum atomic E-state index is -1.52. The molecular weight excluding hydrogens is 312 g/mol. The molecular formula is C17H24N2O5. The van der Waals surface area contributed by atoms with E-state index in [9.17, 15) is 20.1 Å². The molecule has 3 unspecified atom stereocenters. The molecule has 2 aromatic rings. The molecule has 1 aromatic carbocycles. The molecule has 0 bridgehead atoms. The van der Waals surface area contributed by atoms with Crippen molar-refractivity contribution in [1.29, 1.82) is 0 Å². The zero-order valence-electron chi connectivity index (χ0n) is 13.9. The first kappa shape index (κ1) is 17.2. The van der Waals surface area contributed by atoms with Gasteiger partial charge in [-0.05, 0) is 23.5 Å². The highest BCUT2D eigenvalue weighted by molar-refractivity contribution is 5.81. The first-order chi connectivity index (χ1) is 11.3. The number of nitrogens with zero attached hydrogens (tertiary/aromatic N) is 2. The van der Waals surface area contributed by atoms with Crippen LogP contribution in [0.25, 0.3) is 11.0 Å². The van der Waals surface area contributed by atoms with E-state index in [2.05, 4.69) is 13.8 Å². The fraction of sp³-hybridized carbons (Fsp3) is 0.588. The van der Waals surface area contributed by atoms with Gasteiger partial charge in [-0.1, -0.05) is 26.0 Å². The summed E-state index contributed by atoms with van der Waals surface area (Å²) in [5, 5.41) is 38.4. The number of aliphatic hydroxyl groups is 4. The summed E-state index contributed by atoms with van der Waals surface area (Å²) in [7, 11) is 0. The Morgan fingerprint density at radius 2 is 1.92 bits per heavy atom. The molecule has 0 amide bonds. The fourth-order valence-electron chi connectivity index (χ4n) is 3.49. The molecule has 132 valence electrons. The molecule has 0 saturated heterocycles. The van der Waals surface area contributed by atoms with E-state index >= 15 is 0 Å². The van der Waals surface area contributed by atoms with E-state index in [1.54, 1.807) is 4.57 Å². The normalized spacial score (nSPS) is 20.1. The van der Waals surface area contributed by atoms with Crippen LogP contribution in [0.5, 0.6) is 0 Å². The lowest BCUT2D eigenvalue weighted by atomic mass is 9.79. The van der Waals surface area contributed by atoms with Gasteiger partial charge in [0.15, 0.2) is 0 Å². The summed E-state index contributed by atoms with van der Waals surface area (Å²) in [6, 6.07) is 5.72. The highest BCUT2D eigenvalue weighted by Crippen LogP contribution is 2.36. The SMILES string of the molecule is CC1(C)CCn2c(=O)n(CC(O)C(O)C(O)CO)c3cccc1c32. The Bertz CT molecular complexity index is 807. The van der Waals surface area contributed by atoms with Crippen molar-refractivity contribution in [2.45, 2.75) is 57.1 Å². The summed E-state index contributed by atoms with van der Waals surface area (Å²) < 4.78 is 3.13. The van der Waals surface area contributed by atoms with Crippen LogP contribution >= 0.6 is 0 Å². The summed E-state index contributed by atoms with van der Waals surface area (Å²) in [6.45, 7) is 4.08. The molecule has 0 radical (unpaired) electrons. The van der Waals surface area contributed by atoms with Gasteiger partial charge in [-0.2, -0.15) is 0 Å². The number of para-hydroxylation sites is 1. The lowest BCUT2D eigenvalue weighted by Crippen LogP contribution is -2.43. The zero-order chi connectivity index (χ0) is 17.6. The fourth-order valence-corrected chi connectivity index (χ4v) is 3.49. The van der Waals surface area contributed by atoms with Gasteiger partial charge in [-0.25, -0.2) is 4.79 Å². The lowest BCUT2D eigenvalue weighted by molar-refractivity contribution is -0.0805. The molecule has 1 aromatic heterocycles. The smallest absolute Gasteiger partial charge is 0.329 e. The third-order valence-electron chi connectivity index (χ3n) is 5.07. The predicted octanol–water partition coefficient (Wildman–Crippen LogP) is -0.441. The maximum absolute atomic E-state index is 12.7. The highest BCUT2D eigenvalue weighted by atomic mass is 16.4. The van der Waals surface area contributed by atoms with Crippen LogP contribution in [0, 0.1) is 0 Å². The second-order valence-corrected chi connectivity index (χ2v) is 7.16. The standard InChI is InChI=1S/C17H24N2O5/c1-17(2)6-7-18-14-10(17)4-3-5-11(14)19(16(18)24)8-12(21)15(23)13(22)9-20/h3-5,12-13,15,20-23H,6-9H2,1-2H3. The Kier molecular flexibility index (Phi) is 4.29. The number of hydrogen-bond acceptors (Lipinski definition) is 5. The second kappa shape index (κ2) is 6.00. The molecule has 3 atom stereocenters. The number of rotatable bonds is 5. The predicted molar refractivity (Wildman–Crippen MR) is 88.9 cm³/mol. The van der Waals surface area contributed by atoms with Crippen LogP contribution in [0.4, 0.5) is 0 Å². The average molecular weight is 336 g/mol. The quantitative estimate of drug-likeness (QED) is 0.592. The van der Waals surface area contributed by atoms with E-state index in [0.717, 1.165) is 17.5 Å². The molecule has 0 spiro atoms. The van der Waals surface area contributed by atoms with Crippen molar-refractivity contribution in [2.75, 3.05) is 6.61 Å². The second-order valence-electron chi connectivity index (χ2n) is 7.16. The number of imidazole rings is 1. The molecule has 1 aliphatic heterocycles. The van der Waals surface area contributed by atoms with Crippen LogP contribution in [0.15, 0.2) is 23.0 Å². The van der Waals surface area contributed by atoms with Gasteiger partial charge in [0.2, 0.25) is 0 Å². The van der Waals surface area contributed by atoms with E-state index in [0.29, 0.717) is 12.1 Å². The van der Waals surface area contributed by atoms with Crippen molar-refractivity contribution in [3.63, 3.8) is 0 Å². The summed E-state index contributed by atoms with van der Waals surface area (Å²) in [6.07, 6.45) is -3.49. The topological polar surface area (TPSA) is 108 Å². The Hall–Kier alpha value is -1.67. The van der Waals surface area contributed by atoms with Crippen molar-refractivity contribution in [3.8, 4) is 0 Å². The molecule has 2 heterocycles. The minimum Gasteiger partial charge on any atom is -0.394 e. The number of hydrogen-bond donors (Lipinski definition) is 4. The maximum atomic E-state index is 12.7. The van der Waals surface area contributed by atoms with E-state index < -0.39 is 24.9 Å². The van der Waals surface area contributed by atoms with Crippen molar-refractivity contribution in [2.24, 2.45) is 0 Å². The average Bonchev–Trinajstić information content (AvgIpc) is 2.83. The van der Waals surface area contributed by atoms with Crippen LogP contribution in [-0.2, 0) is 18.5 Å². The van der Waals surface area contributed by atoms with E-state index in [1.807, 2.05) is 18.2 Å². The zero-order valence-corrected chi connectivity index (χ0v) is 13.9. The molecule has 0 aliphatic carbocycles. The Balaban J connectivity index is 2.07. The van der Waals surface area contributed by atoms with Gasteiger partial charge in [0.05, 0.1) is 24.2 Å². The van der Waals surface area contributed by atoms with E-state index in [1.165, 1.54) is 4.57 Å². The van der Waals surface area contributed by atoms with Crippen molar-refractivity contribution >= 4 is 11.0 Å². The van der Waals surface area contributed by atoms with Gasteiger partial charge in [0, 0.05) is 6.54 Å². The molecule has 3 rings (SSSR count). The van der Waals surface area contributed by atoms with Gasteiger partial charge in [-0.3, -0.25) is 9.13 Å². The molecule has 0 fully saturated rings. The van der Waals surface area contributed by atoms with Gasteiger partial charge in [0.25, 0.3) is 0 Å². The molecule has 7 nitrogen and oxygen atoms in total. The van der Waals surface area contributed by atoms with E-state index in [-0.39, 0.29) is 17.6 Å². The largest absolute Gasteiger partial charge is 0.394 e. The number of benzene rings is 1. The van der Waals surface area contributed by atoms with Crippen molar-refractivity contribution < 1.29 is 20.4 Å². The molecule has 0 saturated carbocycles. The third kappa shape index (κ3) is 2.57. The van der Waals surface area contributed by atoms with Crippen molar-refractivity contribution in [1.82, 2.24) is 9.13 Å². The number of aryl methyl sites for hydroxylation is 1. The van der Waals surface area contributed by atoms with Crippen LogP contribution < -0.4 is 5.69 Å². The Morgan fingerprint density at radius 3 is 2.58 bits per heavy atom. The first-order valence-electron chi connectivity index (χ1n) is 8.15. The minimum absolute atomic E-state index is 0.0383. The number of aromatic nitrogens is 2. The summed E-state index contributed by atoms with van der Waals surface area (Å²) >= 11 is 0. The maximum Gasteiger partial charge on any atom is 0.329 e. The molecule has 24 heavy (non-hydrogen) atoms. The van der Waals surface area contributed by atoms with Crippen LogP contribution in [0.2, 0.25) is 0 Å². The molecule has 4 N–H and O–H groups in total. The first-order valence-corrected chi connectivity index (χ1v) is 8.15. The summed E-state index contributed by atoms with van der Waals surface area (Å²) in [4.78, 5) is 12.7. The lowest BCUT2D eigenvalue weighted by Gasteiger charge is -2.30. The van der Waals surface area contributed by atoms with Crippen LogP contribution in [0.3, 0.4) is 0 Å². The summed E-state index contributed by atoms with van der Waals surface area (Å²) in [5.74, 6) is 0. The monoisotopic (exact) mass is 336 g/mol. The Labute approximate surface area is 139 Å². The van der Waals surface area contributed by atoms with Crippen LogP contribution in [0.1, 0.15) is 25.8 Å². The van der Waals surface area contributed by atoms with Gasteiger partial charge < -0.3 is 20.4 Å². The molecule has 1 aliphatic rings. The molecule has 7 heteroatoms. The van der Waals surface area contributed by atoms with Gasteiger partial charge in [-0.15, -0.1) is 0 Å². The number of aliphatic hydroxyl groups excluding tert-OH is 4. The highest BCUT2D eigenvalue weighted by Gasteiger charge is 2.32. The van der Waals surface area contributed by atoms with Crippen molar-refractivity contribution in [3.05, 3.63) is 34.2 Å². The van der Waals surface area contributed by atoms with E-state index in [4.69, 9.17) is 5.11 Å². The summed E-state index contributed by atoms with van der Waals surface area (Å²) in [5.41, 5.74) is 2.38. The van der Waals surface area contributed by atoms with Gasteiger partial charge in [0.1, 0.15) is 18.3 Å². The third-order valence-corrected chi connectivity index (χ3v) is 5.07. The Morgan fingerprint density at radius 1 is 1.21 bits per heavy atom. The van der Waals surface area contributed by atoms with Gasteiger partial charge >= 0.3 is 5.69 Å². The van der Waals surface area contributed by atoms with Crippen LogP contribution in [-0.4, -0.2) is 54.5 Å².